The molecular weight excluding hydrogens is 463 g/mol. The highest BCUT2D eigenvalue weighted by atomic mass is 35.5. The van der Waals surface area contributed by atoms with Gasteiger partial charge in [0.15, 0.2) is 5.54 Å². The van der Waals surface area contributed by atoms with Gasteiger partial charge in [-0.2, -0.15) is 13.2 Å². The van der Waals surface area contributed by atoms with Crippen molar-refractivity contribution in [1.82, 2.24) is 9.80 Å². The lowest BCUT2D eigenvalue weighted by molar-refractivity contribution is -0.216. The topological polar surface area (TPSA) is 35.6 Å². The molecule has 1 N–H and O–H groups in total. The summed E-state index contributed by atoms with van der Waals surface area (Å²) in [6.45, 7) is 3.11. The molecule has 2 amide bonds. The molecule has 180 valence electrons. The zero-order valence-corrected chi connectivity index (χ0v) is 19.7. The van der Waals surface area contributed by atoms with Gasteiger partial charge in [-0.3, -0.25) is 4.90 Å². The summed E-state index contributed by atoms with van der Waals surface area (Å²) in [5, 5.41) is 2.88. The Balaban J connectivity index is 1.79. The van der Waals surface area contributed by atoms with E-state index in [1.165, 1.54) is 24.3 Å². The number of benzene rings is 2. The van der Waals surface area contributed by atoms with Crippen LogP contribution in [0.5, 0.6) is 0 Å². The Hall–Kier alpha value is -2.67. The third kappa shape index (κ3) is 3.84. The number of alkyl halides is 3. The predicted octanol–water partition coefficient (Wildman–Crippen LogP) is 7.10. The summed E-state index contributed by atoms with van der Waals surface area (Å²) in [5.41, 5.74) is -1.26. The van der Waals surface area contributed by atoms with E-state index in [4.69, 9.17) is 11.6 Å². The minimum atomic E-state index is -4.78. The molecule has 4 nitrogen and oxygen atoms in total. The van der Waals surface area contributed by atoms with Crippen LogP contribution in [0.4, 0.5) is 23.7 Å². The van der Waals surface area contributed by atoms with Gasteiger partial charge in [0.1, 0.15) is 0 Å². The fourth-order valence-corrected chi connectivity index (χ4v) is 5.49. The molecule has 0 radical (unpaired) electrons. The van der Waals surface area contributed by atoms with Crippen molar-refractivity contribution in [2.24, 2.45) is 5.92 Å². The van der Waals surface area contributed by atoms with E-state index in [9.17, 15) is 4.79 Å². The zero-order valence-electron chi connectivity index (χ0n) is 18.9. The van der Waals surface area contributed by atoms with Crippen LogP contribution in [0.15, 0.2) is 60.3 Å². The molecule has 34 heavy (non-hydrogen) atoms. The standard InChI is InChI=1S/C26H27ClF3N3O/c1-17(18-7-3-2-4-8-18)33-24(34)31-22-12-11-20(27)15-21(22)25(33,26(28,29)30)16-23(19-9-10-19)32-13-5-6-14-32/h2-4,7-8,11-12,15-17,19H,5-6,9-10,13-14H2,1H3,(H,31,34)/b23-16+/t17-,25+/m1/s1. The van der Waals surface area contributed by atoms with Crippen molar-refractivity contribution in [3.8, 4) is 0 Å². The lowest BCUT2D eigenvalue weighted by atomic mass is 9.81. The number of anilines is 1. The molecule has 8 heteroatoms. The smallest absolute Gasteiger partial charge is 0.375 e. The van der Waals surface area contributed by atoms with Crippen molar-refractivity contribution in [1.29, 1.82) is 0 Å². The maximum Gasteiger partial charge on any atom is 0.419 e. The highest BCUT2D eigenvalue weighted by Gasteiger charge is 2.64. The second-order valence-corrected chi connectivity index (χ2v) is 9.81. The first kappa shape index (κ1) is 23.1. The summed E-state index contributed by atoms with van der Waals surface area (Å²) in [5.74, 6) is 0.0822. The number of halogens is 4. The van der Waals surface area contributed by atoms with Gasteiger partial charge < -0.3 is 10.2 Å². The molecule has 1 saturated heterocycles. The van der Waals surface area contributed by atoms with Crippen molar-refractivity contribution in [3.05, 3.63) is 76.5 Å². The van der Waals surface area contributed by atoms with Crippen molar-refractivity contribution in [2.75, 3.05) is 18.4 Å². The maximum absolute atomic E-state index is 15.5. The molecule has 2 aliphatic heterocycles. The van der Waals surface area contributed by atoms with Crippen LogP contribution in [0.25, 0.3) is 0 Å². The number of amides is 2. The largest absolute Gasteiger partial charge is 0.419 e. The van der Waals surface area contributed by atoms with Crippen molar-refractivity contribution >= 4 is 23.3 Å². The molecule has 2 aromatic carbocycles. The number of carbonyl (C=O) groups is 1. The van der Waals surface area contributed by atoms with Crippen LogP contribution in [0, 0.1) is 5.92 Å². The average Bonchev–Trinajstić information content (AvgIpc) is 3.50. The van der Waals surface area contributed by atoms with Crippen molar-refractivity contribution < 1.29 is 18.0 Å². The second-order valence-electron chi connectivity index (χ2n) is 9.38. The van der Waals surface area contributed by atoms with Gasteiger partial charge in [-0.15, -0.1) is 0 Å². The lowest BCUT2D eigenvalue weighted by Crippen LogP contribution is -2.62. The van der Waals surface area contributed by atoms with E-state index in [1.807, 2.05) is 0 Å². The molecule has 0 aromatic heterocycles. The summed E-state index contributed by atoms with van der Waals surface area (Å²) < 4.78 is 46.5. The number of urea groups is 1. The number of likely N-dealkylation sites (tertiary alicyclic amines) is 1. The SMILES string of the molecule is C[C@H](c1ccccc1)N1C(=O)Nc2ccc(Cl)cc2[C@@]1(/C=C(\C1CC1)N1CCCC1)C(F)(F)F. The number of fused-ring (bicyclic) bond motifs is 1. The van der Waals surface area contributed by atoms with E-state index in [1.54, 1.807) is 37.3 Å². The minimum Gasteiger partial charge on any atom is -0.375 e. The van der Waals surface area contributed by atoms with Gasteiger partial charge in [-0.05, 0) is 68.4 Å². The fourth-order valence-electron chi connectivity index (χ4n) is 5.32. The third-order valence-electron chi connectivity index (χ3n) is 7.16. The molecule has 2 heterocycles. The fraction of sp³-hybridized carbons (Fsp3) is 0.423. The summed E-state index contributed by atoms with van der Waals surface area (Å²) >= 11 is 6.24. The van der Waals surface area contributed by atoms with Crippen LogP contribution >= 0.6 is 11.6 Å². The monoisotopic (exact) mass is 489 g/mol. The minimum absolute atomic E-state index is 0.0489. The highest BCUT2D eigenvalue weighted by molar-refractivity contribution is 6.30. The van der Waals surface area contributed by atoms with Crippen LogP contribution in [-0.2, 0) is 5.54 Å². The Kier molecular flexibility index (Phi) is 5.79. The number of allylic oxidation sites excluding steroid dienone is 1. The van der Waals surface area contributed by atoms with Crippen LogP contribution < -0.4 is 5.32 Å². The summed E-state index contributed by atoms with van der Waals surface area (Å²) in [4.78, 5) is 16.5. The summed E-state index contributed by atoms with van der Waals surface area (Å²) in [6, 6.07) is 11.5. The van der Waals surface area contributed by atoms with Gasteiger partial charge in [0, 0.05) is 35.1 Å². The number of carbonyl (C=O) groups excluding carboxylic acids is 1. The van der Waals surface area contributed by atoms with E-state index >= 15 is 13.2 Å². The number of hydrogen-bond donors (Lipinski definition) is 1. The van der Waals surface area contributed by atoms with E-state index in [-0.39, 0.29) is 22.2 Å². The van der Waals surface area contributed by atoms with Gasteiger partial charge in [-0.25, -0.2) is 4.79 Å². The van der Waals surface area contributed by atoms with Gasteiger partial charge in [0.2, 0.25) is 0 Å². The zero-order chi connectivity index (χ0) is 24.1. The van der Waals surface area contributed by atoms with E-state index in [0.29, 0.717) is 11.3 Å². The first-order chi connectivity index (χ1) is 16.2. The lowest BCUT2D eigenvalue weighted by Gasteiger charge is -2.50. The average molecular weight is 490 g/mol. The number of nitrogens with one attached hydrogen (secondary N) is 1. The molecule has 2 atom stereocenters. The number of hydrogen-bond acceptors (Lipinski definition) is 2. The van der Waals surface area contributed by atoms with Gasteiger partial charge in [0.25, 0.3) is 0 Å². The Labute approximate surface area is 202 Å². The Morgan fingerprint density at radius 1 is 1.15 bits per heavy atom. The molecule has 2 aromatic rings. The molecular formula is C26H27ClF3N3O. The Morgan fingerprint density at radius 2 is 1.82 bits per heavy atom. The second kappa shape index (κ2) is 8.52. The normalized spacial score (nSPS) is 24.1. The molecule has 0 spiro atoms. The van der Waals surface area contributed by atoms with Crippen LogP contribution in [0.2, 0.25) is 5.02 Å². The Morgan fingerprint density at radius 3 is 2.44 bits per heavy atom. The molecule has 0 bridgehead atoms. The van der Waals surface area contributed by atoms with Crippen LogP contribution in [0.3, 0.4) is 0 Å². The first-order valence-electron chi connectivity index (χ1n) is 11.7. The van der Waals surface area contributed by atoms with Crippen LogP contribution in [0.1, 0.15) is 49.8 Å². The molecule has 3 aliphatic rings. The van der Waals surface area contributed by atoms with Crippen LogP contribution in [-0.4, -0.2) is 35.1 Å². The molecule has 2 fully saturated rings. The summed E-state index contributed by atoms with van der Waals surface area (Å²) in [7, 11) is 0. The number of nitrogens with zero attached hydrogens (tertiary/aromatic N) is 2. The maximum atomic E-state index is 15.5. The van der Waals surface area contributed by atoms with E-state index in [2.05, 4.69) is 10.2 Å². The molecule has 1 aliphatic carbocycles. The molecule has 1 saturated carbocycles. The first-order valence-corrected chi connectivity index (χ1v) is 12.1. The third-order valence-corrected chi connectivity index (χ3v) is 7.39. The van der Waals surface area contributed by atoms with E-state index < -0.39 is 23.8 Å². The van der Waals surface area contributed by atoms with Gasteiger partial charge in [-0.1, -0.05) is 41.9 Å². The Bertz CT molecular complexity index is 1110. The molecule has 5 rings (SSSR count). The number of rotatable bonds is 5. The molecule has 0 unspecified atom stereocenters. The highest BCUT2D eigenvalue weighted by Crippen LogP contribution is 2.55. The van der Waals surface area contributed by atoms with Crippen molar-refractivity contribution in [3.63, 3.8) is 0 Å². The summed E-state index contributed by atoms with van der Waals surface area (Å²) in [6.07, 6.45) is 0.181. The predicted molar refractivity (Wildman–Crippen MR) is 127 cm³/mol. The van der Waals surface area contributed by atoms with Gasteiger partial charge >= 0.3 is 12.2 Å². The van der Waals surface area contributed by atoms with E-state index in [0.717, 1.165) is 43.7 Å². The van der Waals surface area contributed by atoms with Crippen molar-refractivity contribution in [2.45, 2.75) is 50.4 Å². The van der Waals surface area contributed by atoms with Gasteiger partial charge in [0.05, 0.1) is 6.04 Å². The quantitative estimate of drug-likeness (QED) is 0.486.